The molecule has 3 nitrogen and oxygen atoms in total. The molecule has 1 aromatic carbocycles. The standard InChI is InChI=1S/C15H19F2NO2/c1-9-7-13(17)11(8-12(9)16)10(2)18-6-4-3-5-14(18)15(19)20/h7-8,10,14H,3-6H2,1-2H3,(H,19,20). The average molecular weight is 283 g/mol. The van der Waals surface area contributed by atoms with Crippen LogP contribution in [0.25, 0.3) is 0 Å². The molecule has 1 fully saturated rings. The van der Waals surface area contributed by atoms with Crippen molar-refractivity contribution < 1.29 is 18.7 Å². The first-order valence-corrected chi connectivity index (χ1v) is 6.86. The number of hydrogen-bond donors (Lipinski definition) is 1. The van der Waals surface area contributed by atoms with E-state index >= 15 is 0 Å². The maximum absolute atomic E-state index is 14.0. The largest absolute Gasteiger partial charge is 0.480 e. The summed E-state index contributed by atoms with van der Waals surface area (Å²) in [6.45, 7) is 3.83. The summed E-state index contributed by atoms with van der Waals surface area (Å²) in [7, 11) is 0. The monoisotopic (exact) mass is 283 g/mol. The molecule has 2 atom stereocenters. The second-order valence-corrected chi connectivity index (χ2v) is 5.39. The van der Waals surface area contributed by atoms with Crippen molar-refractivity contribution in [2.75, 3.05) is 6.54 Å². The Labute approximate surface area is 117 Å². The number of aryl methyl sites for hydroxylation is 1. The first-order chi connectivity index (χ1) is 9.41. The van der Waals surface area contributed by atoms with Crippen LogP contribution < -0.4 is 0 Å². The second-order valence-electron chi connectivity index (χ2n) is 5.39. The van der Waals surface area contributed by atoms with Crippen LogP contribution in [0.4, 0.5) is 8.78 Å². The molecule has 2 rings (SSSR count). The number of hydrogen-bond acceptors (Lipinski definition) is 2. The first-order valence-electron chi connectivity index (χ1n) is 6.86. The van der Waals surface area contributed by atoms with Gasteiger partial charge in [-0.05, 0) is 50.9 Å². The number of benzene rings is 1. The van der Waals surface area contributed by atoms with E-state index < -0.39 is 29.7 Å². The van der Waals surface area contributed by atoms with E-state index in [0.29, 0.717) is 13.0 Å². The van der Waals surface area contributed by atoms with Crippen molar-refractivity contribution in [2.24, 2.45) is 0 Å². The number of piperidine rings is 1. The van der Waals surface area contributed by atoms with E-state index in [1.54, 1.807) is 11.8 Å². The number of carboxylic acid groups (broad SMARTS) is 1. The van der Waals surface area contributed by atoms with Crippen molar-refractivity contribution in [3.63, 3.8) is 0 Å². The fourth-order valence-electron chi connectivity index (χ4n) is 2.84. The van der Waals surface area contributed by atoms with Crippen molar-refractivity contribution >= 4 is 5.97 Å². The zero-order chi connectivity index (χ0) is 14.9. The van der Waals surface area contributed by atoms with Gasteiger partial charge in [0.15, 0.2) is 0 Å². The summed E-state index contributed by atoms with van der Waals surface area (Å²) in [6.07, 6.45) is 2.28. The number of rotatable bonds is 3. The minimum Gasteiger partial charge on any atom is -0.480 e. The number of carboxylic acids is 1. The summed E-state index contributed by atoms with van der Waals surface area (Å²) >= 11 is 0. The third-order valence-electron chi connectivity index (χ3n) is 4.05. The molecular formula is C15H19F2NO2. The van der Waals surface area contributed by atoms with Crippen LogP contribution in [-0.2, 0) is 4.79 Å². The Morgan fingerprint density at radius 2 is 2.05 bits per heavy atom. The minimum absolute atomic E-state index is 0.223. The molecule has 1 N–H and O–H groups in total. The maximum atomic E-state index is 14.0. The molecule has 0 spiro atoms. The summed E-state index contributed by atoms with van der Waals surface area (Å²) in [5, 5.41) is 9.26. The van der Waals surface area contributed by atoms with Gasteiger partial charge in [0.2, 0.25) is 0 Å². The van der Waals surface area contributed by atoms with Crippen molar-refractivity contribution in [1.82, 2.24) is 4.90 Å². The van der Waals surface area contributed by atoms with Crippen LogP contribution in [0.3, 0.4) is 0 Å². The fraction of sp³-hybridized carbons (Fsp3) is 0.533. The molecule has 0 saturated carbocycles. The number of aliphatic carboxylic acids is 1. The number of halogens is 2. The summed E-state index contributed by atoms with van der Waals surface area (Å²) < 4.78 is 27.7. The molecule has 0 aromatic heterocycles. The molecular weight excluding hydrogens is 264 g/mol. The van der Waals surface area contributed by atoms with Crippen LogP contribution in [0.5, 0.6) is 0 Å². The second kappa shape index (κ2) is 5.87. The SMILES string of the molecule is Cc1cc(F)c(C(C)N2CCCCC2C(=O)O)cc1F. The van der Waals surface area contributed by atoms with Crippen molar-refractivity contribution in [1.29, 1.82) is 0 Å². The van der Waals surface area contributed by atoms with Gasteiger partial charge in [-0.3, -0.25) is 9.69 Å². The highest BCUT2D eigenvalue weighted by atomic mass is 19.1. The van der Waals surface area contributed by atoms with Gasteiger partial charge in [0, 0.05) is 11.6 Å². The third-order valence-corrected chi connectivity index (χ3v) is 4.05. The quantitative estimate of drug-likeness (QED) is 0.925. The van der Waals surface area contributed by atoms with E-state index in [2.05, 4.69) is 0 Å². The smallest absolute Gasteiger partial charge is 0.320 e. The van der Waals surface area contributed by atoms with E-state index in [0.717, 1.165) is 12.8 Å². The molecule has 110 valence electrons. The predicted octanol–water partition coefficient (Wildman–Crippen LogP) is 3.27. The van der Waals surface area contributed by atoms with E-state index in [-0.39, 0.29) is 11.1 Å². The Balaban J connectivity index is 2.32. The molecule has 5 heteroatoms. The van der Waals surface area contributed by atoms with Crippen LogP contribution in [0.2, 0.25) is 0 Å². The maximum Gasteiger partial charge on any atom is 0.320 e. The Morgan fingerprint density at radius 3 is 2.70 bits per heavy atom. The highest BCUT2D eigenvalue weighted by molar-refractivity contribution is 5.73. The summed E-state index contributed by atoms with van der Waals surface area (Å²) in [5.74, 6) is -1.84. The van der Waals surface area contributed by atoms with Gasteiger partial charge in [-0.25, -0.2) is 8.78 Å². The number of carbonyl (C=O) groups is 1. The summed E-state index contributed by atoms with van der Waals surface area (Å²) in [4.78, 5) is 13.0. The summed E-state index contributed by atoms with van der Waals surface area (Å²) in [5.41, 5.74) is 0.480. The van der Waals surface area contributed by atoms with Crippen LogP contribution in [0, 0.1) is 18.6 Å². The zero-order valence-corrected chi connectivity index (χ0v) is 11.7. The lowest BCUT2D eigenvalue weighted by molar-refractivity contribution is -0.145. The lowest BCUT2D eigenvalue weighted by Crippen LogP contribution is -2.46. The van der Waals surface area contributed by atoms with Gasteiger partial charge in [-0.1, -0.05) is 6.42 Å². The van der Waals surface area contributed by atoms with Crippen LogP contribution in [0.1, 0.15) is 43.4 Å². The highest BCUT2D eigenvalue weighted by Crippen LogP contribution is 2.31. The lowest BCUT2D eigenvalue weighted by Gasteiger charge is -2.37. The van der Waals surface area contributed by atoms with E-state index in [9.17, 15) is 18.7 Å². The molecule has 0 radical (unpaired) electrons. The molecule has 20 heavy (non-hydrogen) atoms. The number of nitrogens with zero attached hydrogens (tertiary/aromatic N) is 1. The van der Waals surface area contributed by atoms with E-state index in [1.165, 1.54) is 19.1 Å². The molecule has 1 aliphatic rings. The first kappa shape index (κ1) is 14.9. The van der Waals surface area contributed by atoms with E-state index in [1.807, 2.05) is 0 Å². The van der Waals surface area contributed by atoms with Gasteiger partial charge in [0.05, 0.1) is 0 Å². The molecule has 1 saturated heterocycles. The molecule has 0 amide bonds. The molecule has 1 heterocycles. The van der Waals surface area contributed by atoms with Crippen LogP contribution in [-0.4, -0.2) is 28.6 Å². The molecule has 2 unspecified atom stereocenters. The highest BCUT2D eigenvalue weighted by Gasteiger charge is 2.33. The fourth-order valence-corrected chi connectivity index (χ4v) is 2.84. The molecule has 1 aromatic rings. The van der Waals surface area contributed by atoms with Crippen molar-refractivity contribution in [3.05, 3.63) is 34.9 Å². The summed E-state index contributed by atoms with van der Waals surface area (Å²) in [6, 6.07) is 1.28. The van der Waals surface area contributed by atoms with Gasteiger partial charge in [-0.2, -0.15) is 0 Å². The average Bonchev–Trinajstić information content (AvgIpc) is 2.42. The van der Waals surface area contributed by atoms with Crippen LogP contribution in [0.15, 0.2) is 12.1 Å². The van der Waals surface area contributed by atoms with Gasteiger partial charge in [0.1, 0.15) is 17.7 Å². The normalized spacial score (nSPS) is 21.7. The van der Waals surface area contributed by atoms with Gasteiger partial charge >= 0.3 is 5.97 Å². The Hall–Kier alpha value is -1.49. The topological polar surface area (TPSA) is 40.5 Å². The minimum atomic E-state index is -0.899. The van der Waals surface area contributed by atoms with Crippen LogP contribution >= 0.6 is 0 Å². The Bertz CT molecular complexity index is 519. The molecule has 0 aliphatic carbocycles. The zero-order valence-electron chi connectivity index (χ0n) is 11.7. The van der Waals surface area contributed by atoms with Gasteiger partial charge < -0.3 is 5.11 Å². The van der Waals surface area contributed by atoms with E-state index in [4.69, 9.17) is 0 Å². The predicted molar refractivity (Wildman–Crippen MR) is 71.5 cm³/mol. The van der Waals surface area contributed by atoms with Gasteiger partial charge in [-0.15, -0.1) is 0 Å². The van der Waals surface area contributed by atoms with Gasteiger partial charge in [0.25, 0.3) is 0 Å². The molecule has 0 bridgehead atoms. The Morgan fingerprint density at radius 1 is 1.35 bits per heavy atom. The third kappa shape index (κ3) is 2.82. The molecule has 1 aliphatic heterocycles. The lowest BCUT2D eigenvalue weighted by atomic mass is 9.96. The van der Waals surface area contributed by atoms with Crippen molar-refractivity contribution in [2.45, 2.75) is 45.2 Å². The van der Waals surface area contributed by atoms with Crippen molar-refractivity contribution in [3.8, 4) is 0 Å². The Kier molecular flexibility index (Phi) is 4.38. The number of likely N-dealkylation sites (tertiary alicyclic amines) is 1.